The maximum absolute atomic E-state index is 8.49. The molecule has 4 aliphatic carbocycles. The van der Waals surface area contributed by atoms with Crippen molar-refractivity contribution in [2.45, 2.75) is 44.1 Å². The normalized spacial score (nSPS) is 31.5. The van der Waals surface area contributed by atoms with E-state index in [2.05, 4.69) is 15.1 Å². The highest BCUT2D eigenvalue weighted by atomic mass is 35.7. The fourth-order valence-electron chi connectivity index (χ4n) is 5.68. The third-order valence-electron chi connectivity index (χ3n) is 6.11. The van der Waals surface area contributed by atoms with E-state index in [9.17, 15) is 0 Å². The number of hydrogen-bond donors (Lipinski definition) is 1. The van der Waals surface area contributed by atoms with Gasteiger partial charge in [-0.15, -0.1) is 14.9 Å². The molecule has 0 radical (unpaired) electrons. The summed E-state index contributed by atoms with van der Waals surface area (Å²) in [6, 6.07) is 10.1. The third-order valence-corrected chi connectivity index (χ3v) is 6.11. The Hall–Kier alpha value is -1.78. The maximum Gasteiger partial charge on any atom is 0.368 e. The first-order chi connectivity index (χ1) is 12.7. The maximum atomic E-state index is 8.49. The number of nitrogen functional groups attached to an aromatic ring is 1. The van der Waals surface area contributed by atoms with E-state index in [4.69, 9.17) is 24.4 Å². The zero-order valence-corrected chi connectivity index (χ0v) is 15.5. The van der Waals surface area contributed by atoms with Crippen LogP contribution in [0.3, 0.4) is 0 Å². The fraction of sp³-hybridized carbons (Fsp3) is 0.588. The first-order valence-corrected chi connectivity index (χ1v) is 10.3. The van der Waals surface area contributed by atoms with Crippen LogP contribution in [0.4, 0.5) is 5.95 Å². The Bertz CT molecular complexity index is 766. The topological polar surface area (TPSA) is 153 Å². The summed E-state index contributed by atoms with van der Waals surface area (Å²) in [6.07, 6.45) is 7.98. The lowest BCUT2D eigenvalue weighted by molar-refractivity contribution is -2.00. The molecular weight excluding hydrogens is 374 g/mol. The Morgan fingerprint density at radius 1 is 0.963 bits per heavy atom. The van der Waals surface area contributed by atoms with Crippen molar-refractivity contribution in [3.05, 3.63) is 30.3 Å². The van der Waals surface area contributed by atoms with Crippen LogP contribution < -0.4 is 29.1 Å². The molecule has 2 N–H and O–H groups in total. The van der Waals surface area contributed by atoms with Crippen molar-refractivity contribution in [3.8, 4) is 5.69 Å². The van der Waals surface area contributed by atoms with Crippen LogP contribution in [-0.4, -0.2) is 15.1 Å². The molecule has 0 unspecified atom stereocenters. The van der Waals surface area contributed by atoms with Crippen molar-refractivity contribution in [2.24, 2.45) is 17.8 Å². The summed E-state index contributed by atoms with van der Waals surface area (Å²) in [5, 5.41) is 8.83. The first kappa shape index (κ1) is 18.6. The summed E-state index contributed by atoms with van der Waals surface area (Å²) < 4.78 is 37.8. The van der Waals surface area contributed by atoms with Gasteiger partial charge in [0.05, 0.1) is 5.21 Å². The highest BCUT2D eigenvalue weighted by Crippen LogP contribution is 2.56. The van der Waals surface area contributed by atoms with Gasteiger partial charge in [-0.2, -0.15) is 0 Å². The summed E-state index contributed by atoms with van der Waals surface area (Å²) >= 11 is 0. The van der Waals surface area contributed by atoms with Crippen LogP contribution in [0.1, 0.15) is 38.5 Å². The van der Waals surface area contributed by atoms with Gasteiger partial charge < -0.3 is 5.73 Å². The average Bonchev–Trinajstić information content (AvgIpc) is 2.95. The molecule has 9 nitrogen and oxygen atoms in total. The van der Waals surface area contributed by atoms with E-state index in [0.717, 1.165) is 23.4 Å². The summed E-state index contributed by atoms with van der Waals surface area (Å²) in [5.41, 5.74) is 7.57. The monoisotopic (exact) mass is 395 g/mol. The van der Waals surface area contributed by atoms with E-state index in [1.807, 2.05) is 30.3 Å². The minimum atomic E-state index is -4.94. The zero-order chi connectivity index (χ0) is 19.2. The van der Waals surface area contributed by atoms with E-state index in [-0.39, 0.29) is 5.54 Å². The number of rotatable bonds is 2. The van der Waals surface area contributed by atoms with E-state index < -0.39 is 10.2 Å². The second kappa shape index (κ2) is 6.68. The summed E-state index contributed by atoms with van der Waals surface area (Å²) in [6.45, 7) is 0. The first-order valence-electron chi connectivity index (χ1n) is 9.05. The van der Waals surface area contributed by atoms with Gasteiger partial charge in [-0.3, -0.25) is 0 Å². The van der Waals surface area contributed by atoms with Crippen LogP contribution in [0.25, 0.3) is 5.69 Å². The molecule has 1 aromatic carbocycles. The van der Waals surface area contributed by atoms with Gasteiger partial charge in [0, 0.05) is 0 Å². The molecule has 0 spiro atoms. The average molecular weight is 396 g/mol. The van der Waals surface area contributed by atoms with Crippen molar-refractivity contribution in [1.82, 2.24) is 15.1 Å². The zero-order valence-electron chi connectivity index (χ0n) is 14.7. The van der Waals surface area contributed by atoms with E-state index in [1.54, 1.807) is 4.68 Å². The van der Waals surface area contributed by atoms with E-state index >= 15 is 0 Å². The van der Waals surface area contributed by atoms with Crippen molar-refractivity contribution in [3.63, 3.8) is 0 Å². The van der Waals surface area contributed by atoms with Crippen LogP contribution >= 0.6 is 0 Å². The molecule has 27 heavy (non-hydrogen) atoms. The number of nitrogens with zero attached hydrogens (tertiary/aromatic N) is 4. The van der Waals surface area contributed by atoms with Gasteiger partial charge in [-0.25, -0.2) is 18.6 Å². The van der Waals surface area contributed by atoms with Gasteiger partial charge in [0.2, 0.25) is 0 Å². The quantitative estimate of drug-likeness (QED) is 0.543. The Balaban J connectivity index is 0.000000323. The molecule has 0 atom stereocenters. The highest BCUT2D eigenvalue weighted by Gasteiger charge is 2.55. The van der Waals surface area contributed by atoms with Crippen molar-refractivity contribution in [1.29, 1.82) is 0 Å². The van der Waals surface area contributed by atoms with Gasteiger partial charge in [0.1, 0.15) is 16.4 Å². The predicted molar refractivity (Wildman–Crippen MR) is 82.1 cm³/mol. The number of hydrogen-bond acceptors (Lipinski definition) is 7. The molecule has 0 saturated heterocycles. The standard InChI is InChI=1S/C17H21N5.ClHO4/c18-16-21(15-4-2-1-3-5-15)19-20-22(16)17-9-12-6-13(10-17)8-14(7-12)11-17;2-1(3,4)5/h1-5,12-14,18H,6-11H2;(H,2,3,4,5). The smallest absolute Gasteiger partial charge is 0.306 e. The van der Waals surface area contributed by atoms with Crippen molar-refractivity contribution >= 4 is 5.95 Å². The molecule has 1 heterocycles. The number of anilines is 1. The molecule has 1 aromatic heterocycles. The molecule has 4 saturated carbocycles. The molecule has 0 aliphatic heterocycles. The highest BCUT2D eigenvalue weighted by molar-refractivity contribution is 5.34. The molecule has 4 bridgehead atoms. The number of tetrazole rings is 1. The third kappa shape index (κ3) is 3.78. The summed E-state index contributed by atoms with van der Waals surface area (Å²) in [5.74, 6) is 3.30. The van der Waals surface area contributed by atoms with Crippen LogP contribution in [0.15, 0.2) is 30.3 Å². The van der Waals surface area contributed by atoms with Crippen LogP contribution in [0, 0.1) is 28.0 Å². The summed E-state index contributed by atoms with van der Waals surface area (Å²) in [4.78, 5) is 0. The molecule has 2 aromatic rings. The minimum Gasteiger partial charge on any atom is -0.306 e. The van der Waals surface area contributed by atoms with Crippen LogP contribution in [0.2, 0.25) is 0 Å². The lowest BCUT2D eigenvalue weighted by Crippen LogP contribution is -2.68. The van der Waals surface area contributed by atoms with Gasteiger partial charge in [0.15, 0.2) is 0 Å². The number of halogens is 1. The lowest BCUT2D eigenvalue weighted by atomic mass is 9.53. The Morgan fingerprint density at radius 2 is 1.44 bits per heavy atom. The second-order valence-corrected chi connectivity index (χ2v) is 8.77. The molecule has 0 amide bonds. The number of para-hydroxylation sites is 1. The minimum absolute atomic E-state index is 0.131. The van der Waals surface area contributed by atoms with Crippen molar-refractivity contribution < 1.29 is 33.6 Å². The van der Waals surface area contributed by atoms with Crippen LogP contribution in [-0.2, 0) is 5.54 Å². The molecule has 146 valence electrons. The molecule has 6 rings (SSSR count). The molecule has 4 aliphatic rings. The fourth-order valence-corrected chi connectivity index (χ4v) is 5.68. The van der Waals surface area contributed by atoms with E-state index in [1.165, 1.54) is 38.5 Å². The largest absolute Gasteiger partial charge is 0.368 e. The van der Waals surface area contributed by atoms with Gasteiger partial charge in [0.25, 0.3) is 0 Å². The van der Waals surface area contributed by atoms with Crippen LogP contribution in [0.5, 0.6) is 0 Å². The Labute approximate surface area is 158 Å². The van der Waals surface area contributed by atoms with Crippen molar-refractivity contribution in [2.75, 3.05) is 5.73 Å². The Kier molecular flexibility index (Phi) is 4.59. The van der Waals surface area contributed by atoms with Gasteiger partial charge in [-0.05, 0) is 68.4 Å². The number of aromatic nitrogens is 4. The number of benzene rings is 1. The van der Waals surface area contributed by atoms with Gasteiger partial charge in [-0.1, -0.05) is 22.9 Å². The molecule has 4 fully saturated rings. The predicted octanol–water partition coefficient (Wildman–Crippen LogP) is -2.69. The number of nitrogens with two attached hydrogens (primary N) is 1. The summed E-state index contributed by atoms with van der Waals surface area (Å²) in [7, 11) is -4.94. The SMILES string of the molecule is Nc1n(-c2ccccc2)nn[n+]1C12CC3CC(CC(C3)C1)C2.[O-][Cl+3]([O-])([O-])[O-]. The van der Waals surface area contributed by atoms with E-state index in [0.29, 0.717) is 5.95 Å². The lowest BCUT2D eigenvalue weighted by Gasteiger charge is -2.54. The molecular formula is C17H22ClN5O4. The van der Waals surface area contributed by atoms with Gasteiger partial charge >= 0.3 is 5.95 Å². The second-order valence-electron chi connectivity index (χ2n) is 8.02. The molecule has 10 heteroatoms. The Morgan fingerprint density at radius 3 is 1.93 bits per heavy atom.